The fraction of sp³-hybridized carbons (Fsp3) is 0.300. The minimum absolute atomic E-state index is 0.656. The fourth-order valence-corrected chi connectivity index (χ4v) is 4.39. The van der Waals surface area contributed by atoms with E-state index in [2.05, 4.69) is 77.4 Å². The van der Waals surface area contributed by atoms with Gasteiger partial charge in [0.25, 0.3) is 0 Å². The van der Waals surface area contributed by atoms with Crippen LogP contribution in [-0.4, -0.2) is 25.0 Å². The first kappa shape index (κ1) is 14.2. The Morgan fingerprint density at radius 1 is 0.955 bits per heavy atom. The molecule has 0 radical (unpaired) electrons. The lowest BCUT2D eigenvalue weighted by Gasteiger charge is -2.31. The monoisotopic (exact) mass is 353 g/mol. The molecule has 0 aliphatic heterocycles. The molecule has 3 aromatic rings. The summed E-state index contributed by atoms with van der Waals surface area (Å²) in [5.74, 6) is 0. The number of hydrogen-bond acceptors (Lipinski definition) is 1. The van der Waals surface area contributed by atoms with E-state index in [0.717, 1.165) is 6.42 Å². The van der Waals surface area contributed by atoms with Crippen LogP contribution in [0.1, 0.15) is 17.5 Å². The van der Waals surface area contributed by atoms with Gasteiger partial charge in [-0.05, 0) is 72.1 Å². The van der Waals surface area contributed by atoms with Crippen LogP contribution in [0.3, 0.4) is 0 Å². The molecule has 0 aromatic heterocycles. The first-order chi connectivity index (χ1) is 10.6. The average molecular weight is 354 g/mol. The highest BCUT2D eigenvalue weighted by atomic mass is 79.9. The molecule has 1 aliphatic carbocycles. The second-order valence-corrected chi connectivity index (χ2v) is 7.42. The second kappa shape index (κ2) is 5.36. The zero-order valence-electron chi connectivity index (χ0n) is 13.1. The number of nitrogens with zero attached hydrogens (tertiary/aromatic N) is 1. The van der Waals surface area contributed by atoms with E-state index in [-0.39, 0.29) is 0 Å². The van der Waals surface area contributed by atoms with E-state index < -0.39 is 0 Å². The molecule has 22 heavy (non-hydrogen) atoms. The highest BCUT2D eigenvalue weighted by Crippen LogP contribution is 2.37. The van der Waals surface area contributed by atoms with Crippen molar-refractivity contribution >= 4 is 37.5 Å². The van der Waals surface area contributed by atoms with Gasteiger partial charge >= 0.3 is 0 Å². The molecular weight excluding hydrogens is 334 g/mol. The molecule has 3 aromatic carbocycles. The zero-order valence-corrected chi connectivity index (χ0v) is 14.7. The molecule has 0 heterocycles. The maximum Gasteiger partial charge on any atom is 0.0260 e. The summed E-state index contributed by atoms with van der Waals surface area (Å²) < 4.78 is 1.20. The van der Waals surface area contributed by atoms with Crippen molar-refractivity contribution in [1.82, 2.24) is 4.90 Å². The van der Waals surface area contributed by atoms with Gasteiger partial charge in [0, 0.05) is 10.5 Å². The van der Waals surface area contributed by atoms with Crippen molar-refractivity contribution in [3.8, 4) is 0 Å². The van der Waals surface area contributed by atoms with Gasteiger partial charge in [0.1, 0.15) is 0 Å². The van der Waals surface area contributed by atoms with E-state index >= 15 is 0 Å². The molecule has 0 fully saturated rings. The van der Waals surface area contributed by atoms with Gasteiger partial charge in [-0.15, -0.1) is 0 Å². The van der Waals surface area contributed by atoms with E-state index in [4.69, 9.17) is 0 Å². The Kier molecular flexibility index (Phi) is 3.47. The minimum atomic E-state index is 0.656. The molecular formula is C20H20BrN. The Balaban J connectivity index is 2.02. The lowest BCUT2D eigenvalue weighted by Crippen LogP contribution is -2.33. The molecule has 1 nitrogen and oxygen atoms in total. The number of fused-ring (bicyclic) bond motifs is 5. The third-order valence-corrected chi connectivity index (χ3v) is 5.77. The van der Waals surface area contributed by atoms with E-state index in [1.165, 1.54) is 44.4 Å². The van der Waals surface area contributed by atoms with Crippen LogP contribution in [0.15, 0.2) is 46.9 Å². The number of benzene rings is 3. The maximum atomic E-state index is 3.78. The Hall–Kier alpha value is -1.38. The third-order valence-electron chi connectivity index (χ3n) is 5.12. The quantitative estimate of drug-likeness (QED) is 0.545. The second-order valence-electron chi connectivity index (χ2n) is 6.56. The van der Waals surface area contributed by atoms with Crippen LogP contribution in [0.5, 0.6) is 0 Å². The van der Waals surface area contributed by atoms with Gasteiger partial charge in [0.05, 0.1) is 0 Å². The first-order valence-corrected chi connectivity index (χ1v) is 8.72. The van der Waals surface area contributed by atoms with Crippen molar-refractivity contribution in [1.29, 1.82) is 0 Å². The van der Waals surface area contributed by atoms with Crippen LogP contribution in [0.25, 0.3) is 21.5 Å². The summed E-state index contributed by atoms with van der Waals surface area (Å²) >= 11 is 3.78. The number of likely N-dealkylation sites (N-methyl/N-ethyl adjacent to an activating group) is 1. The summed E-state index contributed by atoms with van der Waals surface area (Å²) in [6.45, 7) is 0. The molecule has 0 saturated carbocycles. The Morgan fingerprint density at radius 2 is 1.68 bits per heavy atom. The SMILES string of the molecule is CN(C)C1CCc2ccc3c(cc(Br)c4ccccc43)c2C1. The number of halogens is 1. The topological polar surface area (TPSA) is 3.24 Å². The molecule has 0 spiro atoms. The van der Waals surface area contributed by atoms with E-state index in [9.17, 15) is 0 Å². The lowest BCUT2D eigenvalue weighted by molar-refractivity contribution is 0.269. The molecule has 0 amide bonds. The largest absolute Gasteiger partial charge is 0.306 e. The van der Waals surface area contributed by atoms with Crippen molar-refractivity contribution in [3.05, 3.63) is 58.1 Å². The van der Waals surface area contributed by atoms with Gasteiger partial charge in [-0.1, -0.05) is 52.3 Å². The predicted molar refractivity (Wildman–Crippen MR) is 98.7 cm³/mol. The minimum Gasteiger partial charge on any atom is -0.306 e. The van der Waals surface area contributed by atoms with E-state index in [1.54, 1.807) is 5.56 Å². The summed E-state index contributed by atoms with van der Waals surface area (Å²) in [7, 11) is 4.40. The van der Waals surface area contributed by atoms with Crippen molar-refractivity contribution in [2.24, 2.45) is 0 Å². The molecule has 112 valence electrons. The van der Waals surface area contributed by atoms with Crippen molar-refractivity contribution in [3.63, 3.8) is 0 Å². The normalized spacial score (nSPS) is 18.1. The highest BCUT2D eigenvalue weighted by molar-refractivity contribution is 9.10. The Morgan fingerprint density at radius 3 is 2.45 bits per heavy atom. The zero-order chi connectivity index (χ0) is 15.3. The molecule has 0 saturated heterocycles. The molecule has 2 heteroatoms. The van der Waals surface area contributed by atoms with Crippen LogP contribution < -0.4 is 0 Å². The van der Waals surface area contributed by atoms with Gasteiger partial charge in [-0.2, -0.15) is 0 Å². The number of hydrogen-bond donors (Lipinski definition) is 0. The van der Waals surface area contributed by atoms with Gasteiger partial charge in [-0.25, -0.2) is 0 Å². The summed E-state index contributed by atoms with van der Waals surface area (Å²) in [6.07, 6.45) is 3.61. The van der Waals surface area contributed by atoms with Crippen molar-refractivity contribution < 1.29 is 0 Å². The number of aryl methyl sites for hydroxylation is 1. The van der Waals surface area contributed by atoms with Crippen LogP contribution in [-0.2, 0) is 12.8 Å². The molecule has 1 aliphatic rings. The third kappa shape index (κ3) is 2.17. The number of rotatable bonds is 1. The lowest BCUT2D eigenvalue weighted by atomic mass is 9.84. The van der Waals surface area contributed by atoms with Gasteiger partial charge in [0.2, 0.25) is 0 Å². The summed E-state index contributed by atoms with van der Waals surface area (Å²) in [4.78, 5) is 2.37. The van der Waals surface area contributed by atoms with Crippen molar-refractivity contribution in [2.75, 3.05) is 14.1 Å². The van der Waals surface area contributed by atoms with E-state index in [0.29, 0.717) is 6.04 Å². The van der Waals surface area contributed by atoms with E-state index in [1.807, 2.05) is 0 Å². The highest BCUT2D eigenvalue weighted by Gasteiger charge is 2.22. The van der Waals surface area contributed by atoms with Gasteiger partial charge < -0.3 is 4.90 Å². The molecule has 1 atom stereocenters. The van der Waals surface area contributed by atoms with Crippen LogP contribution in [0.4, 0.5) is 0 Å². The summed E-state index contributed by atoms with van der Waals surface area (Å²) in [5.41, 5.74) is 3.08. The summed E-state index contributed by atoms with van der Waals surface area (Å²) in [5, 5.41) is 5.46. The molecule has 0 N–H and O–H groups in total. The fourth-order valence-electron chi connectivity index (χ4n) is 3.82. The standard InChI is InChI=1S/C20H20BrN/c1-22(2)14-9-7-13-8-10-16-15-5-3-4-6-17(15)20(21)12-19(16)18(13)11-14/h3-6,8,10,12,14H,7,9,11H2,1-2H3. The smallest absolute Gasteiger partial charge is 0.0260 e. The van der Waals surface area contributed by atoms with Crippen LogP contribution in [0, 0.1) is 0 Å². The Labute approximate surface area is 140 Å². The first-order valence-electron chi connectivity index (χ1n) is 7.93. The predicted octanol–water partition coefficient (Wildman–Crippen LogP) is 5.17. The van der Waals surface area contributed by atoms with Gasteiger partial charge in [-0.3, -0.25) is 0 Å². The van der Waals surface area contributed by atoms with Crippen LogP contribution >= 0.6 is 15.9 Å². The molecule has 1 unspecified atom stereocenters. The van der Waals surface area contributed by atoms with Crippen LogP contribution in [0.2, 0.25) is 0 Å². The average Bonchev–Trinajstić information content (AvgIpc) is 2.54. The molecule has 0 bridgehead atoms. The maximum absolute atomic E-state index is 3.78. The Bertz CT molecular complexity index is 866. The summed E-state index contributed by atoms with van der Waals surface area (Å²) in [6, 6.07) is 16.3. The van der Waals surface area contributed by atoms with Gasteiger partial charge in [0.15, 0.2) is 0 Å². The molecule has 4 rings (SSSR count). The van der Waals surface area contributed by atoms with Crippen molar-refractivity contribution in [2.45, 2.75) is 25.3 Å².